The van der Waals surface area contributed by atoms with Gasteiger partial charge in [-0.1, -0.05) is 20.3 Å². The van der Waals surface area contributed by atoms with Gasteiger partial charge in [-0.3, -0.25) is 4.79 Å². The first-order valence-electron chi connectivity index (χ1n) is 5.86. The molecule has 0 amide bonds. The summed E-state index contributed by atoms with van der Waals surface area (Å²) < 4.78 is 7.28. The van der Waals surface area contributed by atoms with Gasteiger partial charge in [-0.05, 0) is 18.4 Å². The van der Waals surface area contributed by atoms with Gasteiger partial charge in [0.15, 0.2) is 5.78 Å². The third kappa shape index (κ3) is 4.19. The highest BCUT2D eigenvalue weighted by atomic mass is 16.5. The average Bonchev–Trinajstić information content (AvgIpc) is 2.65. The zero-order valence-electron chi connectivity index (χ0n) is 10.4. The fraction of sp³-hybridized carbons (Fsp3) is 0.615. The summed E-state index contributed by atoms with van der Waals surface area (Å²) >= 11 is 0. The molecule has 1 rings (SSSR count). The number of ketones is 1. The third-order valence-electron chi connectivity index (χ3n) is 2.57. The van der Waals surface area contributed by atoms with Crippen LogP contribution in [0.3, 0.4) is 0 Å². The molecule has 0 spiro atoms. The molecule has 0 aliphatic rings. The van der Waals surface area contributed by atoms with Crippen LogP contribution in [-0.4, -0.2) is 23.6 Å². The molecule has 0 aliphatic carbocycles. The summed E-state index contributed by atoms with van der Waals surface area (Å²) in [7, 11) is 1.90. The van der Waals surface area contributed by atoms with Crippen LogP contribution in [0.1, 0.15) is 37.0 Å². The highest BCUT2D eigenvalue weighted by Gasteiger charge is 2.08. The minimum Gasteiger partial charge on any atom is -0.373 e. The summed E-state index contributed by atoms with van der Waals surface area (Å²) in [4.78, 5) is 11.7. The summed E-state index contributed by atoms with van der Waals surface area (Å²) in [5.41, 5.74) is 0.727. The zero-order valence-corrected chi connectivity index (χ0v) is 10.4. The second kappa shape index (κ2) is 6.48. The largest absolute Gasteiger partial charge is 0.373 e. The quantitative estimate of drug-likeness (QED) is 0.665. The third-order valence-corrected chi connectivity index (χ3v) is 2.57. The highest BCUT2D eigenvalue weighted by molar-refractivity contribution is 5.96. The van der Waals surface area contributed by atoms with E-state index in [4.69, 9.17) is 4.74 Å². The Morgan fingerprint density at radius 3 is 2.88 bits per heavy atom. The maximum atomic E-state index is 11.7. The smallest absolute Gasteiger partial charge is 0.189 e. The number of carbonyl (C=O) groups is 1. The number of carbonyl (C=O) groups excluding carboxylic acids is 1. The lowest BCUT2D eigenvalue weighted by Crippen LogP contribution is -2.13. The van der Waals surface area contributed by atoms with Gasteiger partial charge in [0.1, 0.15) is 6.61 Å². The van der Waals surface area contributed by atoms with E-state index in [1.54, 1.807) is 0 Å². The Hall–Kier alpha value is -1.09. The number of ether oxygens (including phenoxy) is 1. The molecule has 16 heavy (non-hydrogen) atoms. The molecule has 0 N–H and O–H groups in total. The number of hydrogen-bond acceptors (Lipinski definition) is 2. The fourth-order valence-corrected chi connectivity index (χ4v) is 1.68. The molecule has 1 heterocycles. The molecule has 0 saturated carbocycles. The van der Waals surface area contributed by atoms with Crippen LogP contribution in [0.4, 0.5) is 0 Å². The summed E-state index contributed by atoms with van der Waals surface area (Å²) in [5, 5.41) is 0. The second-order valence-corrected chi connectivity index (χ2v) is 4.40. The van der Waals surface area contributed by atoms with Gasteiger partial charge in [0.25, 0.3) is 0 Å². The Labute approximate surface area is 97.4 Å². The maximum Gasteiger partial charge on any atom is 0.189 e. The van der Waals surface area contributed by atoms with Crippen LogP contribution in [0, 0.1) is 5.92 Å². The van der Waals surface area contributed by atoms with Crippen molar-refractivity contribution in [1.82, 2.24) is 4.57 Å². The van der Waals surface area contributed by atoms with Crippen molar-refractivity contribution < 1.29 is 9.53 Å². The van der Waals surface area contributed by atoms with Gasteiger partial charge in [0, 0.05) is 31.6 Å². The number of aryl methyl sites for hydroxylation is 1. The molecule has 0 fully saturated rings. The van der Waals surface area contributed by atoms with E-state index < -0.39 is 0 Å². The van der Waals surface area contributed by atoms with Crippen LogP contribution >= 0.6 is 0 Å². The molecule has 0 radical (unpaired) electrons. The molecule has 1 aromatic heterocycles. The van der Waals surface area contributed by atoms with Crippen LogP contribution in [0.25, 0.3) is 0 Å². The van der Waals surface area contributed by atoms with Gasteiger partial charge in [-0.2, -0.15) is 0 Å². The molecular weight excluding hydrogens is 202 g/mol. The van der Waals surface area contributed by atoms with Crippen molar-refractivity contribution in [2.45, 2.75) is 26.7 Å². The first-order valence-corrected chi connectivity index (χ1v) is 5.86. The van der Waals surface area contributed by atoms with Gasteiger partial charge in [-0.15, -0.1) is 0 Å². The molecule has 0 bridgehead atoms. The van der Waals surface area contributed by atoms with E-state index >= 15 is 0 Å². The van der Waals surface area contributed by atoms with Crippen molar-refractivity contribution in [1.29, 1.82) is 0 Å². The van der Waals surface area contributed by atoms with Gasteiger partial charge in [0.05, 0.1) is 0 Å². The number of hydrogen-bond donors (Lipinski definition) is 0. The van der Waals surface area contributed by atoms with E-state index in [2.05, 4.69) is 13.8 Å². The summed E-state index contributed by atoms with van der Waals surface area (Å²) in [6.07, 6.45) is 6.00. The maximum absolute atomic E-state index is 11.7. The lowest BCUT2D eigenvalue weighted by atomic mass is 10.1. The monoisotopic (exact) mass is 223 g/mol. The summed E-state index contributed by atoms with van der Waals surface area (Å²) in [5.74, 6) is 0.595. The Morgan fingerprint density at radius 1 is 1.56 bits per heavy atom. The molecule has 3 heteroatoms. The average molecular weight is 223 g/mol. The van der Waals surface area contributed by atoms with Gasteiger partial charge >= 0.3 is 0 Å². The molecule has 0 aliphatic heterocycles. The second-order valence-electron chi connectivity index (χ2n) is 4.40. The van der Waals surface area contributed by atoms with Crippen LogP contribution in [0.2, 0.25) is 0 Å². The first kappa shape index (κ1) is 13.0. The standard InChI is InChI=1S/C13H21NO2/c1-4-5-11(2)9-16-10-13(15)12-6-7-14(3)8-12/h6-8,11H,4-5,9-10H2,1-3H3. The predicted molar refractivity (Wildman–Crippen MR) is 64.6 cm³/mol. The molecular formula is C13H21NO2. The molecule has 3 nitrogen and oxygen atoms in total. The van der Waals surface area contributed by atoms with Crippen molar-refractivity contribution >= 4 is 5.78 Å². The summed E-state index contributed by atoms with van der Waals surface area (Å²) in [6.45, 7) is 5.17. The zero-order chi connectivity index (χ0) is 12.0. The first-order chi connectivity index (χ1) is 7.63. The molecule has 90 valence electrons. The Bertz CT molecular complexity index is 330. The van der Waals surface area contributed by atoms with E-state index in [0.717, 1.165) is 18.4 Å². The summed E-state index contributed by atoms with van der Waals surface area (Å²) in [6, 6.07) is 1.82. The minimum atomic E-state index is 0.0595. The van der Waals surface area contributed by atoms with Crippen LogP contribution in [0.15, 0.2) is 18.5 Å². The van der Waals surface area contributed by atoms with Crippen molar-refractivity contribution in [3.05, 3.63) is 24.0 Å². The van der Waals surface area contributed by atoms with E-state index in [9.17, 15) is 4.79 Å². The minimum absolute atomic E-state index is 0.0595. The Balaban J connectivity index is 2.25. The van der Waals surface area contributed by atoms with Gasteiger partial charge < -0.3 is 9.30 Å². The predicted octanol–water partition coefficient (Wildman–Crippen LogP) is 2.66. The van der Waals surface area contributed by atoms with Crippen molar-refractivity contribution in [3.8, 4) is 0 Å². The van der Waals surface area contributed by atoms with Crippen molar-refractivity contribution in [2.75, 3.05) is 13.2 Å². The van der Waals surface area contributed by atoms with Crippen LogP contribution < -0.4 is 0 Å². The van der Waals surface area contributed by atoms with E-state index in [-0.39, 0.29) is 12.4 Å². The lowest BCUT2D eigenvalue weighted by Gasteiger charge is -2.09. The number of nitrogens with zero attached hydrogens (tertiary/aromatic N) is 1. The fourth-order valence-electron chi connectivity index (χ4n) is 1.68. The van der Waals surface area contributed by atoms with E-state index in [0.29, 0.717) is 12.5 Å². The SMILES string of the molecule is CCCC(C)COCC(=O)c1ccn(C)c1. The molecule has 0 saturated heterocycles. The molecule has 1 unspecified atom stereocenters. The van der Waals surface area contributed by atoms with E-state index in [1.807, 2.05) is 30.1 Å². The van der Waals surface area contributed by atoms with Gasteiger partial charge in [-0.25, -0.2) is 0 Å². The lowest BCUT2D eigenvalue weighted by molar-refractivity contribution is 0.0683. The normalized spacial score (nSPS) is 12.7. The van der Waals surface area contributed by atoms with E-state index in [1.165, 1.54) is 0 Å². The Morgan fingerprint density at radius 2 is 2.31 bits per heavy atom. The topological polar surface area (TPSA) is 31.2 Å². The van der Waals surface area contributed by atoms with Crippen LogP contribution in [0.5, 0.6) is 0 Å². The molecule has 0 aromatic carbocycles. The highest BCUT2D eigenvalue weighted by Crippen LogP contribution is 2.06. The number of aromatic nitrogens is 1. The number of Topliss-reactive ketones (excluding diaryl/α,β-unsaturated/α-hetero) is 1. The number of rotatable bonds is 7. The molecule has 1 atom stereocenters. The Kier molecular flexibility index (Phi) is 5.26. The van der Waals surface area contributed by atoms with Crippen molar-refractivity contribution in [2.24, 2.45) is 13.0 Å². The molecule has 1 aromatic rings. The van der Waals surface area contributed by atoms with Gasteiger partial charge in [0.2, 0.25) is 0 Å². The van der Waals surface area contributed by atoms with Crippen LogP contribution in [-0.2, 0) is 11.8 Å². The van der Waals surface area contributed by atoms with Crippen molar-refractivity contribution in [3.63, 3.8) is 0 Å².